The van der Waals surface area contributed by atoms with Gasteiger partial charge in [-0.15, -0.1) is 11.3 Å². The normalized spacial score (nSPS) is 10.5. The van der Waals surface area contributed by atoms with E-state index in [1.165, 1.54) is 17.3 Å². The zero-order valence-electron chi connectivity index (χ0n) is 11.9. The molecule has 3 aromatic heterocycles. The molecule has 3 rings (SSSR count). The van der Waals surface area contributed by atoms with Gasteiger partial charge in [0.25, 0.3) is 5.91 Å². The maximum atomic E-state index is 12.6. The molecule has 1 amide bonds. The number of thiophene rings is 1. The monoisotopic (exact) mass is 313 g/mol. The molecule has 0 aliphatic carbocycles. The van der Waals surface area contributed by atoms with Crippen LogP contribution in [0.1, 0.15) is 21.1 Å². The summed E-state index contributed by atoms with van der Waals surface area (Å²) in [5.41, 5.74) is 0.347. The molecule has 0 N–H and O–H groups in total. The van der Waals surface area contributed by atoms with Crippen LogP contribution in [0.2, 0.25) is 0 Å². The van der Waals surface area contributed by atoms with Gasteiger partial charge in [0.2, 0.25) is 0 Å². The van der Waals surface area contributed by atoms with E-state index in [9.17, 15) is 4.79 Å². The Morgan fingerprint density at radius 2 is 2.23 bits per heavy atom. The fourth-order valence-electron chi connectivity index (χ4n) is 2.11. The van der Waals surface area contributed by atoms with Crippen molar-refractivity contribution in [2.45, 2.75) is 13.0 Å². The highest BCUT2D eigenvalue weighted by molar-refractivity contribution is 7.09. The summed E-state index contributed by atoms with van der Waals surface area (Å²) >= 11 is 1.69. The minimum absolute atomic E-state index is 0.138. The zero-order valence-corrected chi connectivity index (χ0v) is 12.7. The number of carbonyl (C=O) groups is 1. The van der Waals surface area contributed by atoms with Gasteiger partial charge < -0.3 is 9.32 Å². The molecule has 3 heterocycles. The topological polar surface area (TPSA) is 59.2 Å². The van der Waals surface area contributed by atoms with E-state index in [-0.39, 0.29) is 5.91 Å². The maximum Gasteiger partial charge on any atom is 0.274 e. The first-order valence-electron chi connectivity index (χ1n) is 6.93. The molecule has 0 unspecified atom stereocenters. The Kier molecular flexibility index (Phi) is 4.60. The number of hydrogen-bond donors (Lipinski definition) is 0. The summed E-state index contributed by atoms with van der Waals surface area (Å²) in [5.74, 6) is 0.615. The van der Waals surface area contributed by atoms with Crippen LogP contribution in [0.15, 0.2) is 58.9 Å². The van der Waals surface area contributed by atoms with Gasteiger partial charge in [-0.2, -0.15) is 0 Å². The second-order valence-corrected chi connectivity index (χ2v) is 5.76. The number of nitrogens with zero attached hydrogens (tertiary/aromatic N) is 3. The number of aromatic nitrogens is 2. The molecule has 0 aliphatic rings. The Morgan fingerprint density at radius 1 is 1.27 bits per heavy atom. The average Bonchev–Trinajstić information content (AvgIpc) is 3.25. The van der Waals surface area contributed by atoms with Gasteiger partial charge in [0.15, 0.2) is 0 Å². The van der Waals surface area contributed by atoms with E-state index in [2.05, 4.69) is 16.0 Å². The van der Waals surface area contributed by atoms with Crippen LogP contribution < -0.4 is 0 Å². The lowest BCUT2D eigenvalue weighted by molar-refractivity contribution is 0.0727. The van der Waals surface area contributed by atoms with Gasteiger partial charge in [-0.1, -0.05) is 6.07 Å². The Morgan fingerprint density at radius 3 is 2.91 bits per heavy atom. The lowest BCUT2D eigenvalue weighted by Crippen LogP contribution is -2.33. The average molecular weight is 313 g/mol. The highest BCUT2D eigenvalue weighted by atomic mass is 32.1. The van der Waals surface area contributed by atoms with Crippen molar-refractivity contribution in [1.29, 1.82) is 0 Å². The van der Waals surface area contributed by atoms with Crippen molar-refractivity contribution in [3.8, 4) is 0 Å². The summed E-state index contributed by atoms with van der Waals surface area (Å²) in [6, 6.07) is 7.77. The zero-order chi connectivity index (χ0) is 15.2. The van der Waals surface area contributed by atoms with Crippen LogP contribution in [0, 0.1) is 0 Å². The third-order valence-corrected chi connectivity index (χ3v) is 4.14. The molecule has 0 radical (unpaired) electrons. The predicted molar refractivity (Wildman–Crippen MR) is 83.5 cm³/mol. The van der Waals surface area contributed by atoms with E-state index in [0.29, 0.717) is 18.8 Å². The SMILES string of the molecule is O=C(c1cnccn1)N(CCc1cccs1)Cc1ccco1. The molecule has 0 bridgehead atoms. The minimum Gasteiger partial charge on any atom is -0.467 e. The summed E-state index contributed by atoms with van der Waals surface area (Å²) in [5, 5.41) is 2.04. The van der Waals surface area contributed by atoms with Gasteiger partial charge in [0.1, 0.15) is 11.5 Å². The van der Waals surface area contributed by atoms with E-state index in [1.807, 2.05) is 23.6 Å². The van der Waals surface area contributed by atoms with E-state index >= 15 is 0 Å². The molecule has 0 aliphatic heterocycles. The van der Waals surface area contributed by atoms with Crippen LogP contribution in [0.5, 0.6) is 0 Å². The molecule has 22 heavy (non-hydrogen) atoms. The molecular weight excluding hydrogens is 298 g/mol. The van der Waals surface area contributed by atoms with Crippen LogP contribution in [-0.4, -0.2) is 27.3 Å². The van der Waals surface area contributed by atoms with E-state index in [4.69, 9.17) is 4.42 Å². The Hall–Kier alpha value is -2.47. The molecule has 112 valence electrons. The second kappa shape index (κ2) is 7.00. The Bertz CT molecular complexity index is 696. The van der Waals surface area contributed by atoms with Crippen molar-refractivity contribution in [1.82, 2.24) is 14.9 Å². The van der Waals surface area contributed by atoms with Crippen LogP contribution in [0.3, 0.4) is 0 Å². The van der Waals surface area contributed by atoms with Gasteiger partial charge >= 0.3 is 0 Å². The van der Waals surface area contributed by atoms with Gasteiger partial charge in [-0.3, -0.25) is 9.78 Å². The van der Waals surface area contributed by atoms with Crippen LogP contribution in [0.25, 0.3) is 0 Å². The second-order valence-electron chi connectivity index (χ2n) is 4.73. The quantitative estimate of drug-likeness (QED) is 0.702. The molecule has 6 heteroatoms. The molecule has 0 saturated heterocycles. The van der Waals surface area contributed by atoms with Crippen molar-refractivity contribution in [3.63, 3.8) is 0 Å². The van der Waals surface area contributed by atoms with E-state index in [0.717, 1.165) is 12.2 Å². The molecule has 3 aromatic rings. The van der Waals surface area contributed by atoms with Crippen molar-refractivity contribution >= 4 is 17.2 Å². The van der Waals surface area contributed by atoms with Gasteiger partial charge in [-0.05, 0) is 30.0 Å². The van der Waals surface area contributed by atoms with Crippen LogP contribution >= 0.6 is 11.3 Å². The highest BCUT2D eigenvalue weighted by Crippen LogP contribution is 2.13. The highest BCUT2D eigenvalue weighted by Gasteiger charge is 2.18. The Balaban J connectivity index is 1.74. The fourth-order valence-corrected chi connectivity index (χ4v) is 2.81. The van der Waals surface area contributed by atoms with Crippen LogP contribution in [0.4, 0.5) is 0 Å². The fraction of sp³-hybridized carbons (Fsp3) is 0.188. The molecule has 0 fully saturated rings. The number of hydrogen-bond acceptors (Lipinski definition) is 5. The lowest BCUT2D eigenvalue weighted by Gasteiger charge is -2.20. The van der Waals surface area contributed by atoms with E-state index in [1.54, 1.807) is 28.7 Å². The molecule has 0 saturated carbocycles. The first kappa shape index (κ1) is 14.5. The smallest absolute Gasteiger partial charge is 0.274 e. The first-order valence-corrected chi connectivity index (χ1v) is 7.81. The van der Waals surface area contributed by atoms with E-state index < -0.39 is 0 Å². The maximum absolute atomic E-state index is 12.6. The largest absolute Gasteiger partial charge is 0.467 e. The summed E-state index contributed by atoms with van der Waals surface area (Å²) in [6.45, 7) is 1.03. The molecule has 0 spiro atoms. The molecular formula is C16H15N3O2S. The number of rotatable bonds is 6. The van der Waals surface area contributed by atoms with Crippen molar-refractivity contribution in [2.24, 2.45) is 0 Å². The van der Waals surface area contributed by atoms with Crippen molar-refractivity contribution in [3.05, 3.63) is 70.8 Å². The predicted octanol–water partition coefficient (Wildman–Crippen LogP) is 3.02. The van der Waals surface area contributed by atoms with Gasteiger partial charge in [-0.25, -0.2) is 4.98 Å². The summed E-state index contributed by atoms with van der Waals surface area (Å²) < 4.78 is 5.36. The van der Waals surface area contributed by atoms with Crippen molar-refractivity contribution < 1.29 is 9.21 Å². The Labute approximate surface area is 132 Å². The molecule has 0 aromatic carbocycles. The summed E-state index contributed by atoms with van der Waals surface area (Å²) in [4.78, 5) is 23.7. The van der Waals surface area contributed by atoms with Crippen LogP contribution in [-0.2, 0) is 13.0 Å². The lowest BCUT2D eigenvalue weighted by atomic mass is 10.2. The van der Waals surface area contributed by atoms with Gasteiger partial charge in [0, 0.05) is 23.8 Å². The third-order valence-electron chi connectivity index (χ3n) is 3.20. The first-order chi connectivity index (χ1) is 10.8. The summed E-state index contributed by atoms with van der Waals surface area (Å²) in [6.07, 6.45) is 6.99. The number of carbonyl (C=O) groups excluding carboxylic acids is 1. The minimum atomic E-state index is -0.138. The molecule has 0 atom stereocenters. The van der Waals surface area contributed by atoms with Crippen molar-refractivity contribution in [2.75, 3.05) is 6.54 Å². The summed E-state index contributed by atoms with van der Waals surface area (Å²) in [7, 11) is 0. The standard InChI is InChI=1S/C16H15N3O2S/c20-16(15-11-17-6-7-18-15)19(12-13-3-1-9-21-13)8-5-14-4-2-10-22-14/h1-4,6-7,9-11H,5,8,12H2. The molecule has 5 nitrogen and oxygen atoms in total. The third kappa shape index (κ3) is 3.59. The number of amides is 1. The van der Waals surface area contributed by atoms with Gasteiger partial charge in [0.05, 0.1) is 19.0 Å². The number of furan rings is 1.